The SMILES string of the molecule is CSc1nc(=O)[nH]c(C)c1C(=O)NCC(C(=O)O)C(C)C. The van der Waals surface area contributed by atoms with E-state index in [1.807, 2.05) is 0 Å². The molecule has 0 radical (unpaired) electrons. The van der Waals surface area contributed by atoms with Crippen molar-refractivity contribution in [3.63, 3.8) is 0 Å². The summed E-state index contributed by atoms with van der Waals surface area (Å²) in [5, 5.41) is 12.0. The van der Waals surface area contributed by atoms with Crippen molar-refractivity contribution in [3.05, 3.63) is 21.7 Å². The van der Waals surface area contributed by atoms with Crippen LogP contribution < -0.4 is 11.0 Å². The van der Waals surface area contributed by atoms with Crippen molar-refractivity contribution in [3.8, 4) is 0 Å². The van der Waals surface area contributed by atoms with Crippen LogP contribution in [0.5, 0.6) is 0 Å². The first-order chi connectivity index (χ1) is 9.77. The van der Waals surface area contributed by atoms with E-state index in [2.05, 4.69) is 15.3 Å². The number of carbonyl (C=O) groups is 2. The van der Waals surface area contributed by atoms with Gasteiger partial charge in [0.15, 0.2) is 0 Å². The van der Waals surface area contributed by atoms with Crippen LogP contribution in [0.4, 0.5) is 0 Å². The third-order valence-electron chi connectivity index (χ3n) is 3.11. The number of aromatic nitrogens is 2. The molecule has 0 aromatic carbocycles. The largest absolute Gasteiger partial charge is 0.481 e. The minimum absolute atomic E-state index is 0.0260. The number of hydrogen-bond acceptors (Lipinski definition) is 5. The molecule has 0 bridgehead atoms. The minimum atomic E-state index is -0.952. The Morgan fingerprint density at radius 2 is 2.05 bits per heavy atom. The van der Waals surface area contributed by atoms with Gasteiger partial charge in [-0.15, -0.1) is 11.8 Å². The van der Waals surface area contributed by atoms with Crippen LogP contribution in [-0.2, 0) is 4.79 Å². The molecular formula is C13H19N3O4S. The zero-order valence-electron chi connectivity index (χ0n) is 12.4. The second kappa shape index (κ2) is 7.26. The van der Waals surface area contributed by atoms with Crippen LogP contribution >= 0.6 is 11.8 Å². The highest BCUT2D eigenvalue weighted by molar-refractivity contribution is 7.98. The molecule has 1 rings (SSSR count). The molecule has 0 saturated carbocycles. The molecule has 0 aliphatic carbocycles. The Hall–Kier alpha value is -1.83. The topological polar surface area (TPSA) is 112 Å². The summed E-state index contributed by atoms with van der Waals surface area (Å²) < 4.78 is 0. The smallest absolute Gasteiger partial charge is 0.346 e. The summed E-state index contributed by atoms with van der Waals surface area (Å²) in [6.45, 7) is 5.20. The molecule has 116 valence electrons. The first-order valence-corrected chi connectivity index (χ1v) is 7.66. The average molecular weight is 313 g/mol. The molecule has 0 spiro atoms. The van der Waals surface area contributed by atoms with E-state index in [1.165, 1.54) is 11.8 Å². The highest BCUT2D eigenvalue weighted by atomic mass is 32.2. The van der Waals surface area contributed by atoms with Gasteiger partial charge in [0, 0.05) is 12.2 Å². The third kappa shape index (κ3) is 4.32. The summed E-state index contributed by atoms with van der Waals surface area (Å²) in [6, 6.07) is 0. The Bertz CT molecular complexity index is 598. The summed E-state index contributed by atoms with van der Waals surface area (Å²) in [5.74, 6) is -2.15. The molecule has 8 heteroatoms. The number of aryl methyl sites for hydroxylation is 1. The van der Waals surface area contributed by atoms with Gasteiger partial charge >= 0.3 is 11.7 Å². The normalized spacial score (nSPS) is 12.2. The van der Waals surface area contributed by atoms with Gasteiger partial charge in [0.05, 0.1) is 11.5 Å². The Morgan fingerprint density at radius 1 is 1.43 bits per heavy atom. The van der Waals surface area contributed by atoms with E-state index in [4.69, 9.17) is 5.11 Å². The van der Waals surface area contributed by atoms with Crippen LogP contribution in [0.1, 0.15) is 29.9 Å². The molecule has 7 nitrogen and oxygen atoms in total. The predicted molar refractivity (Wildman–Crippen MR) is 79.7 cm³/mol. The first kappa shape index (κ1) is 17.2. The first-order valence-electron chi connectivity index (χ1n) is 6.43. The molecule has 0 fully saturated rings. The fraction of sp³-hybridized carbons (Fsp3) is 0.538. The lowest BCUT2D eigenvalue weighted by Gasteiger charge is -2.17. The Labute approximate surface area is 126 Å². The molecule has 1 aromatic heterocycles. The second-order valence-electron chi connectivity index (χ2n) is 4.95. The lowest BCUT2D eigenvalue weighted by Crippen LogP contribution is -2.36. The molecule has 1 amide bonds. The fourth-order valence-corrected chi connectivity index (χ4v) is 2.50. The van der Waals surface area contributed by atoms with Gasteiger partial charge < -0.3 is 15.4 Å². The van der Waals surface area contributed by atoms with Crippen LogP contribution in [-0.4, -0.2) is 39.8 Å². The number of nitrogens with one attached hydrogen (secondary N) is 2. The standard InChI is InChI=1S/C13H19N3O4S/c1-6(2)8(12(18)19)5-14-10(17)9-7(3)15-13(20)16-11(9)21-4/h6,8H,5H2,1-4H3,(H,14,17)(H,18,19)(H,15,16,20). The van der Waals surface area contributed by atoms with Gasteiger partial charge in [-0.05, 0) is 19.1 Å². The predicted octanol–water partition coefficient (Wildman–Crippen LogP) is 0.887. The van der Waals surface area contributed by atoms with Crippen molar-refractivity contribution in [2.45, 2.75) is 25.8 Å². The molecule has 0 aliphatic heterocycles. The third-order valence-corrected chi connectivity index (χ3v) is 3.79. The zero-order chi connectivity index (χ0) is 16.2. The zero-order valence-corrected chi connectivity index (χ0v) is 13.2. The summed E-state index contributed by atoms with van der Waals surface area (Å²) in [6.07, 6.45) is 1.71. The number of rotatable bonds is 6. The van der Waals surface area contributed by atoms with Crippen LogP contribution in [0, 0.1) is 18.8 Å². The summed E-state index contributed by atoms with van der Waals surface area (Å²) in [7, 11) is 0. The molecular weight excluding hydrogens is 294 g/mol. The number of nitrogens with zero attached hydrogens (tertiary/aromatic N) is 1. The average Bonchev–Trinajstić information content (AvgIpc) is 2.36. The molecule has 1 atom stereocenters. The van der Waals surface area contributed by atoms with E-state index in [0.29, 0.717) is 10.7 Å². The number of aliphatic carboxylic acids is 1. The number of amides is 1. The van der Waals surface area contributed by atoms with Crippen LogP contribution in [0.3, 0.4) is 0 Å². The van der Waals surface area contributed by atoms with E-state index in [-0.39, 0.29) is 18.0 Å². The maximum Gasteiger partial charge on any atom is 0.346 e. The maximum absolute atomic E-state index is 12.2. The number of thioether (sulfide) groups is 1. The summed E-state index contributed by atoms with van der Waals surface area (Å²) in [5.41, 5.74) is 0.169. The van der Waals surface area contributed by atoms with Crippen molar-refractivity contribution >= 4 is 23.6 Å². The van der Waals surface area contributed by atoms with Gasteiger partial charge in [-0.1, -0.05) is 13.8 Å². The second-order valence-corrected chi connectivity index (χ2v) is 5.74. The summed E-state index contributed by atoms with van der Waals surface area (Å²) >= 11 is 1.19. The van der Waals surface area contributed by atoms with Crippen LogP contribution in [0.2, 0.25) is 0 Å². The molecule has 1 heterocycles. The quantitative estimate of drug-likeness (QED) is 0.531. The molecule has 0 aliphatic rings. The Kier molecular flexibility index (Phi) is 5.95. The van der Waals surface area contributed by atoms with E-state index < -0.39 is 23.5 Å². The van der Waals surface area contributed by atoms with Gasteiger partial charge in [0.25, 0.3) is 5.91 Å². The van der Waals surface area contributed by atoms with Crippen molar-refractivity contribution in [1.82, 2.24) is 15.3 Å². The van der Waals surface area contributed by atoms with E-state index in [9.17, 15) is 14.4 Å². The monoisotopic (exact) mass is 313 g/mol. The lowest BCUT2D eigenvalue weighted by molar-refractivity contribution is -0.142. The molecule has 0 saturated heterocycles. The van der Waals surface area contributed by atoms with Gasteiger partial charge in [-0.25, -0.2) is 4.79 Å². The van der Waals surface area contributed by atoms with Gasteiger partial charge in [-0.2, -0.15) is 4.98 Å². The number of H-pyrrole nitrogens is 1. The molecule has 1 unspecified atom stereocenters. The maximum atomic E-state index is 12.2. The van der Waals surface area contributed by atoms with Crippen molar-refractivity contribution in [1.29, 1.82) is 0 Å². The van der Waals surface area contributed by atoms with E-state index >= 15 is 0 Å². The van der Waals surface area contributed by atoms with Gasteiger partial charge in [0.1, 0.15) is 5.03 Å². The number of carbonyl (C=O) groups excluding carboxylic acids is 1. The van der Waals surface area contributed by atoms with E-state index in [1.54, 1.807) is 27.0 Å². The molecule has 3 N–H and O–H groups in total. The highest BCUT2D eigenvalue weighted by Gasteiger charge is 2.24. The minimum Gasteiger partial charge on any atom is -0.481 e. The number of aromatic amines is 1. The summed E-state index contributed by atoms with van der Waals surface area (Å²) in [4.78, 5) is 40.9. The number of hydrogen-bond donors (Lipinski definition) is 3. The Morgan fingerprint density at radius 3 is 2.52 bits per heavy atom. The van der Waals surface area contributed by atoms with Crippen LogP contribution in [0.25, 0.3) is 0 Å². The number of carboxylic acids is 1. The van der Waals surface area contributed by atoms with Crippen molar-refractivity contribution in [2.75, 3.05) is 12.8 Å². The van der Waals surface area contributed by atoms with Crippen LogP contribution in [0.15, 0.2) is 9.82 Å². The van der Waals surface area contributed by atoms with E-state index in [0.717, 1.165) is 0 Å². The number of carboxylic acid groups (broad SMARTS) is 1. The molecule has 21 heavy (non-hydrogen) atoms. The van der Waals surface area contributed by atoms with Crippen molar-refractivity contribution < 1.29 is 14.7 Å². The Balaban J connectivity index is 2.95. The van der Waals surface area contributed by atoms with Crippen molar-refractivity contribution in [2.24, 2.45) is 11.8 Å². The highest BCUT2D eigenvalue weighted by Crippen LogP contribution is 2.18. The van der Waals surface area contributed by atoms with Gasteiger partial charge in [0.2, 0.25) is 0 Å². The molecule has 1 aromatic rings. The fourth-order valence-electron chi connectivity index (χ4n) is 1.87. The van der Waals surface area contributed by atoms with Gasteiger partial charge in [-0.3, -0.25) is 9.59 Å². The lowest BCUT2D eigenvalue weighted by atomic mass is 9.96.